The van der Waals surface area contributed by atoms with Crippen molar-refractivity contribution in [3.05, 3.63) is 0 Å². The van der Waals surface area contributed by atoms with Crippen molar-refractivity contribution in [2.45, 2.75) is 13.8 Å². The molecule has 0 aliphatic carbocycles. The molecule has 0 aliphatic heterocycles. The van der Waals surface area contributed by atoms with Crippen LogP contribution in [0.3, 0.4) is 0 Å². The van der Waals surface area contributed by atoms with Gasteiger partial charge in [-0.15, -0.1) is 0 Å². The van der Waals surface area contributed by atoms with Gasteiger partial charge in [-0.3, -0.25) is 4.79 Å². The Morgan fingerprint density at radius 3 is 2.44 bits per heavy atom. The zero-order chi connectivity index (χ0) is 7.28. The first-order valence-electron chi connectivity index (χ1n) is 2.63. The summed E-state index contributed by atoms with van der Waals surface area (Å²) in [5.74, 6) is -0.596. The predicted molar refractivity (Wildman–Crippen MR) is 30.8 cm³/mol. The third-order valence-corrected chi connectivity index (χ3v) is 0.558. The van der Waals surface area contributed by atoms with Crippen molar-refractivity contribution in [1.29, 1.82) is 0 Å². The Morgan fingerprint density at radius 2 is 2.11 bits per heavy atom. The first-order chi connectivity index (χ1) is 4.16. The van der Waals surface area contributed by atoms with Crippen molar-refractivity contribution in [1.82, 2.24) is 5.32 Å². The van der Waals surface area contributed by atoms with Crippen LogP contribution in [0.1, 0.15) is 13.8 Å². The van der Waals surface area contributed by atoms with Crippen LogP contribution < -0.4 is 5.32 Å². The van der Waals surface area contributed by atoms with Gasteiger partial charge in [0, 0.05) is 13.5 Å². The van der Waals surface area contributed by atoms with Gasteiger partial charge in [-0.2, -0.15) is 0 Å². The summed E-state index contributed by atoms with van der Waals surface area (Å²) in [6, 6.07) is 0. The Kier molecular flexibility index (Phi) is 3.43. The molecule has 0 rings (SSSR count). The van der Waals surface area contributed by atoms with Crippen LogP contribution in [-0.2, 0) is 9.53 Å². The van der Waals surface area contributed by atoms with Gasteiger partial charge in [0.25, 0.3) is 0 Å². The van der Waals surface area contributed by atoms with Gasteiger partial charge in [-0.05, 0) is 6.92 Å². The fraction of sp³-hybridized carbons (Fsp3) is 0.600. The quantitative estimate of drug-likeness (QED) is 0.410. The number of rotatable bonds is 1. The molecule has 0 aromatic rings. The summed E-state index contributed by atoms with van der Waals surface area (Å²) < 4.78 is 4.10. The van der Waals surface area contributed by atoms with Crippen LogP contribution in [0.2, 0.25) is 0 Å². The highest BCUT2D eigenvalue weighted by atomic mass is 16.6. The number of hydrogen-bond acceptors (Lipinski definition) is 3. The SMILES string of the molecule is CCNC(=O)OC(C)=O. The summed E-state index contributed by atoms with van der Waals surface area (Å²) in [7, 11) is 0. The van der Waals surface area contributed by atoms with Crippen LogP contribution in [0.25, 0.3) is 0 Å². The zero-order valence-electron chi connectivity index (χ0n) is 5.43. The molecular weight excluding hydrogens is 122 g/mol. The lowest BCUT2D eigenvalue weighted by molar-refractivity contribution is -0.134. The van der Waals surface area contributed by atoms with Gasteiger partial charge in [0.05, 0.1) is 0 Å². The molecule has 0 saturated carbocycles. The normalized spacial score (nSPS) is 8.22. The Balaban J connectivity index is 3.39. The zero-order valence-corrected chi connectivity index (χ0v) is 5.43. The summed E-state index contributed by atoms with van der Waals surface area (Å²) >= 11 is 0. The molecule has 0 heterocycles. The van der Waals surface area contributed by atoms with E-state index >= 15 is 0 Å². The standard InChI is InChI=1S/C5H9NO3/c1-3-6-5(8)9-4(2)7/h3H2,1-2H3,(H,6,8). The van der Waals surface area contributed by atoms with Crippen LogP contribution >= 0.6 is 0 Å². The Hall–Kier alpha value is -1.06. The van der Waals surface area contributed by atoms with Gasteiger partial charge in [-0.1, -0.05) is 0 Å². The summed E-state index contributed by atoms with van der Waals surface area (Å²) in [4.78, 5) is 20.3. The van der Waals surface area contributed by atoms with Gasteiger partial charge in [0.1, 0.15) is 0 Å². The molecule has 0 unspecified atom stereocenters. The van der Waals surface area contributed by atoms with Gasteiger partial charge >= 0.3 is 12.1 Å². The summed E-state index contributed by atoms with van der Waals surface area (Å²) in [6.45, 7) is 3.38. The van der Waals surface area contributed by atoms with E-state index in [4.69, 9.17) is 0 Å². The van der Waals surface area contributed by atoms with Crippen LogP contribution in [0.5, 0.6) is 0 Å². The summed E-state index contributed by atoms with van der Waals surface area (Å²) in [6.07, 6.45) is -0.690. The molecule has 4 heteroatoms. The lowest BCUT2D eigenvalue weighted by Crippen LogP contribution is -2.25. The first kappa shape index (κ1) is 7.94. The highest BCUT2D eigenvalue weighted by Crippen LogP contribution is 1.76. The van der Waals surface area contributed by atoms with Gasteiger partial charge < -0.3 is 10.1 Å². The molecule has 0 radical (unpaired) electrons. The van der Waals surface area contributed by atoms with E-state index in [0.29, 0.717) is 6.54 Å². The number of hydrogen-bond donors (Lipinski definition) is 1. The molecule has 0 aromatic carbocycles. The van der Waals surface area contributed by atoms with E-state index in [0.717, 1.165) is 0 Å². The van der Waals surface area contributed by atoms with E-state index in [9.17, 15) is 9.59 Å². The van der Waals surface area contributed by atoms with Crippen LogP contribution in [0.15, 0.2) is 0 Å². The van der Waals surface area contributed by atoms with Crippen LogP contribution in [-0.4, -0.2) is 18.6 Å². The monoisotopic (exact) mass is 131 g/mol. The number of amides is 1. The second-order valence-electron chi connectivity index (χ2n) is 1.41. The van der Waals surface area contributed by atoms with Crippen molar-refractivity contribution in [2.24, 2.45) is 0 Å². The maximum Gasteiger partial charge on any atom is 0.414 e. The number of ether oxygens (including phenoxy) is 1. The predicted octanol–water partition coefficient (Wildman–Crippen LogP) is 0.279. The number of carbonyl (C=O) groups is 2. The number of carbonyl (C=O) groups excluding carboxylic acids is 2. The fourth-order valence-electron chi connectivity index (χ4n) is 0.311. The van der Waals surface area contributed by atoms with Gasteiger partial charge in [0.15, 0.2) is 0 Å². The largest absolute Gasteiger partial charge is 0.414 e. The molecule has 1 amide bonds. The van der Waals surface area contributed by atoms with Crippen LogP contribution in [0.4, 0.5) is 4.79 Å². The molecule has 0 spiro atoms. The van der Waals surface area contributed by atoms with E-state index in [1.54, 1.807) is 6.92 Å². The van der Waals surface area contributed by atoms with E-state index in [1.165, 1.54) is 6.92 Å². The minimum Gasteiger partial charge on any atom is -0.377 e. The maximum atomic E-state index is 10.3. The van der Waals surface area contributed by atoms with Crippen LogP contribution in [0, 0.1) is 0 Å². The smallest absolute Gasteiger partial charge is 0.377 e. The lowest BCUT2D eigenvalue weighted by atomic mass is 10.7. The lowest BCUT2D eigenvalue weighted by Gasteiger charge is -1.97. The third-order valence-electron chi connectivity index (χ3n) is 0.558. The Morgan fingerprint density at radius 1 is 1.56 bits per heavy atom. The number of esters is 1. The minimum atomic E-state index is -0.690. The van der Waals surface area contributed by atoms with E-state index < -0.39 is 12.1 Å². The summed E-state index contributed by atoms with van der Waals surface area (Å²) in [5.41, 5.74) is 0. The molecule has 0 bridgehead atoms. The second kappa shape index (κ2) is 3.88. The van der Waals surface area contributed by atoms with E-state index in [1.807, 2.05) is 0 Å². The van der Waals surface area contributed by atoms with Crippen molar-refractivity contribution in [2.75, 3.05) is 6.54 Å². The third kappa shape index (κ3) is 4.80. The van der Waals surface area contributed by atoms with E-state index in [2.05, 4.69) is 10.1 Å². The molecule has 4 nitrogen and oxygen atoms in total. The average molecular weight is 131 g/mol. The number of alkyl carbamates (subject to hydrolysis) is 1. The van der Waals surface area contributed by atoms with E-state index in [-0.39, 0.29) is 0 Å². The maximum absolute atomic E-state index is 10.3. The molecule has 0 atom stereocenters. The Labute approximate surface area is 53.2 Å². The average Bonchev–Trinajstić information content (AvgIpc) is 1.63. The molecule has 0 saturated heterocycles. The minimum absolute atomic E-state index is 0.464. The fourth-order valence-corrected chi connectivity index (χ4v) is 0.311. The van der Waals surface area contributed by atoms with Crippen molar-refractivity contribution in [3.8, 4) is 0 Å². The molecule has 0 aromatic heterocycles. The summed E-state index contributed by atoms with van der Waals surface area (Å²) in [5, 5.41) is 2.29. The molecule has 52 valence electrons. The second-order valence-corrected chi connectivity index (χ2v) is 1.41. The Bertz CT molecular complexity index is 121. The molecule has 0 fully saturated rings. The van der Waals surface area contributed by atoms with Gasteiger partial charge in [-0.25, -0.2) is 4.79 Å². The van der Waals surface area contributed by atoms with Crippen molar-refractivity contribution < 1.29 is 14.3 Å². The first-order valence-corrected chi connectivity index (χ1v) is 2.63. The molecule has 9 heavy (non-hydrogen) atoms. The highest BCUT2D eigenvalue weighted by Gasteiger charge is 2.00. The van der Waals surface area contributed by atoms with Gasteiger partial charge in [0.2, 0.25) is 0 Å². The molecular formula is C5H9NO3. The molecule has 1 N–H and O–H groups in total. The van der Waals surface area contributed by atoms with Crippen molar-refractivity contribution in [3.63, 3.8) is 0 Å². The highest BCUT2D eigenvalue weighted by molar-refractivity contribution is 5.82. The topological polar surface area (TPSA) is 55.4 Å². The van der Waals surface area contributed by atoms with Crippen molar-refractivity contribution >= 4 is 12.1 Å². The molecule has 0 aliphatic rings. The number of nitrogens with one attached hydrogen (secondary N) is 1.